The number of fused-ring (bicyclic) bond motifs is 4. The van der Waals surface area contributed by atoms with Gasteiger partial charge in [-0.1, -0.05) is 18.9 Å². The highest BCUT2D eigenvalue weighted by Gasteiger charge is 2.60. The highest BCUT2D eigenvalue weighted by Crippen LogP contribution is 2.62. The fraction of sp³-hybridized carbons (Fsp3) is 0.469. The van der Waals surface area contributed by atoms with Crippen molar-refractivity contribution in [3.05, 3.63) is 69.8 Å². The summed E-state index contributed by atoms with van der Waals surface area (Å²) >= 11 is 0. The second kappa shape index (κ2) is 7.35. The predicted octanol–water partition coefficient (Wildman–Crippen LogP) is 4.40. The van der Waals surface area contributed by atoms with E-state index in [4.69, 9.17) is 23.7 Å². The van der Waals surface area contributed by atoms with Gasteiger partial charge in [0.15, 0.2) is 34.5 Å². The minimum absolute atomic E-state index is 0.0256. The molecule has 0 amide bonds. The normalized spacial score (nSPS) is 33.5. The van der Waals surface area contributed by atoms with E-state index < -0.39 is 0 Å². The fourth-order valence-corrected chi connectivity index (χ4v) is 9.17. The summed E-state index contributed by atoms with van der Waals surface area (Å²) in [5, 5.41) is 0. The minimum Gasteiger partial charge on any atom is -0.457 e. The van der Waals surface area contributed by atoms with Gasteiger partial charge in [-0.3, -0.25) is 9.69 Å². The molecule has 2 unspecified atom stereocenters. The highest BCUT2D eigenvalue weighted by molar-refractivity contribution is 5.96. The Morgan fingerprint density at radius 2 is 1.52 bits per heavy atom. The molecule has 2 aromatic carbocycles. The maximum atomic E-state index is 12.8. The van der Waals surface area contributed by atoms with E-state index in [0.717, 1.165) is 74.7 Å². The Hall–Kier alpha value is -3.65. The van der Waals surface area contributed by atoms with Crippen molar-refractivity contribution in [2.75, 3.05) is 26.7 Å². The number of Topliss-reactive ketones (excluding diaryl/α,β-unsaturated/α-hetero) is 1. The number of carbonyl (C=O) groups excluding carboxylic acids is 1. The molecule has 8 heteroatoms. The molecular formula is C32H30N2O6. The number of benzene rings is 2. The Kier molecular flexibility index (Phi) is 4.06. The van der Waals surface area contributed by atoms with E-state index in [-0.39, 0.29) is 10.8 Å². The van der Waals surface area contributed by atoms with Gasteiger partial charge in [0.2, 0.25) is 13.6 Å². The Morgan fingerprint density at radius 3 is 2.33 bits per heavy atom. The summed E-state index contributed by atoms with van der Waals surface area (Å²) in [7, 11) is 0. The molecular weight excluding hydrogens is 508 g/mol. The molecule has 2 aromatic rings. The zero-order valence-corrected chi connectivity index (χ0v) is 22.3. The summed E-state index contributed by atoms with van der Waals surface area (Å²) in [6, 6.07) is 8.95. The van der Waals surface area contributed by atoms with Gasteiger partial charge in [-0.2, -0.15) is 0 Å². The lowest BCUT2D eigenvalue weighted by molar-refractivity contribution is -0.122. The Labute approximate surface area is 232 Å². The molecule has 2 saturated heterocycles. The van der Waals surface area contributed by atoms with Gasteiger partial charge in [0.1, 0.15) is 5.76 Å². The van der Waals surface area contributed by atoms with E-state index in [1.54, 1.807) is 0 Å². The molecule has 4 bridgehead atoms. The number of allylic oxidation sites excluding steroid dienone is 1. The van der Waals surface area contributed by atoms with E-state index in [1.807, 2.05) is 0 Å². The van der Waals surface area contributed by atoms with Gasteiger partial charge in [-0.15, -0.1) is 0 Å². The number of hydrogen-bond donors (Lipinski definition) is 0. The zero-order chi connectivity index (χ0) is 26.2. The predicted molar refractivity (Wildman–Crippen MR) is 142 cm³/mol. The third-order valence-corrected chi connectivity index (χ3v) is 10.9. The molecule has 0 radical (unpaired) electrons. The lowest BCUT2D eigenvalue weighted by Crippen LogP contribution is -2.50. The number of rotatable bonds is 0. The van der Waals surface area contributed by atoms with Crippen LogP contribution < -0.4 is 18.9 Å². The van der Waals surface area contributed by atoms with E-state index in [1.165, 1.54) is 45.9 Å². The van der Waals surface area contributed by atoms with Crippen LogP contribution in [0.1, 0.15) is 60.8 Å². The van der Waals surface area contributed by atoms with Crippen LogP contribution in [0.25, 0.3) is 0 Å². The molecule has 0 spiro atoms. The first kappa shape index (κ1) is 22.1. The van der Waals surface area contributed by atoms with Gasteiger partial charge in [-0.05, 0) is 65.8 Å². The molecule has 4 atom stereocenters. The van der Waals surface area contributed by atoms with Crippen LogP contribution in [0.2, 0.25) is 0 Å². The Morgan fingerprint density at radius 1 is 0.800 bits per heavy atom. The van der Waals surface area contributed by atoms with Crippen LogP contribution in [-0.4, -0.2) is 48.3 Å². The fourth-order valence-electron chi connectivity index (χ4n) is 9.17. The second-order valence-corrected chi connectivity index (χ2v) is 12.5. The van der Waals surface area contributed by atoms with Crippen molar-refractivity contribution in [1.29, 1.82) is 0 Å². The minimum atomic E-state index is -0.257. The van der Waals surface area contributed by atoms with Crippen LogP contribution in [0.3, 0.4) is 0 Å². The molecule has 0 N–H and O–H groups in total. The van der Waals surface area contributed by atoms with Gasteiger partial charge < -0.3 is 28.6 Å². The van der Waals surface area contributed by atoms with Crippen LogP contribution in [-0.2, 0) is 33.5 Å². The molecule has 9 aliphatic rings. The second-order valence-electron chi connectivity index (χ2n) is 12.5. The third-order valence-electron chi connectivity index (χ3n) is 10.9. The summed E-state index contributed by atoms with van der Waals surface area (Å²) in [6.45, 7) is 4.21. The maximum absolute atomic E-state index is 12.8. The smallest absolute Gasteiger partial charge is 0.231 e. The molecule has 40 heavy (non-hydrogen) atoms. The molecule has 1 saturated carbocycles. The van der Waals surface area contributed by atoms with Crippen molar-refractivity contribution in [3.63, 3.8) is 0 Å². The van der Waals surface area contributed by atoms with Crippen molar-refractivity contribution in [2.45, 2.75) is 68.5 Å². The SMILES string of the molecule is C1=C2N3CCC2(C2=C(C1)O2)c1cc2c(cc1C3)OCO2.O=C1CN2Cc3cc4c(cc3[C@@]13CCCC[C@@H]23)OCO4. The van der Waals surface area contributed by atoms with Gasteiger partial charge in [0.25, 0.3) is 0 Å². The standard InChI is InChI=1S/C16H13NO3.C16H17NO3/c1-2-14-16(15-11(1)20-15)3-4-17(14)7-9-5-12-13(6-10(9)16)19-8-18-12;18-15-8-17-7-10-5-12-13(20-9-19-12)6-11(10)16(15)4-2-1-3-14(16)17/h2,5-6H,1,3-4,7-8H2;5-6,14H,1-4,7-9H2/t;14-,16-/m.1/s1. The molecule has 204 valence electrons. The maximum Gasteiger partial charge on any atom is 0.231 e. The number of hydrogen-bond acceptors (Lipinski definition) is 8. The van der Waals surface area contributed by atoms with Crippen molar-refractivity contribution in [1.82, 2.24) is 9.80 Å². The molecule has 2 aliphatic carbocycles. The van der Waals surface area contributed by atoms with E-state index in [0.29, 0.717) is 32.0 Å². The first-order valence-corrected chi connectivity index (χ1v) is 14.7. The first-order chi connectivity index (χ1) is 19.6. The van der Waals surface area contributed by atoms with Crippen LogP contribution in [0.4, 0.5) is 0 Å². The van der Waals surface area contributed by atoms with Crippen LogP contribution in [0.5, 0.6) is 23.0 Å². The van der Waals surface area contributed by atoms with Gasteiger partial charge in [0, 0.05) is 37.8 Å². The molecule has 8 nitrogen and oxygen atoms in total. The number of ketones is 1. The molecule has 0 aromatic heterocycles. The quantitative estimate of drug-likeness (QED) is 0.489. The monoisotopic (exact) mass is 538 g/mol. The highest BCUT2D eigenvalue weighted by atomic mass is 16.7. The van der Waals surface area contributed by atoms with E-state index in [2.05, 4.69) is 40.1 Å². The Balaban J connectivity index is 0.000000109. The number of nitrogens with zero attached hydrogens (tertiary/aromatic N) is 2. The lowest BCUT2D eigenvalue weighted by Gasteiger charge is -2.45. The largest absolute Gasteiger partial charge is 0.457 e. The van der Waals surface area contributed by atoms with Gasteiger partial charge in [0.05, 0.1) is 17.4 Å². The van der Waals surface area contributed by atoms with Crippen molar-refractivity contribution >= 4 is 5.78 Å². The topological polar surface area (TPSA) is 73.0 Å². The first-order valence-electron chi connectivity index (χ1n) is 14.7. The summed E-state index contributed by atoms with van der Waals surface area (Å²) in [4.78, 5) is 17.6. The van der Waals surface area contributed by atoms with Gasteiger partial charge in [-0.25, -0.2) is 0 Å². The van der Waals surface area contributed by atoms with Crippen LogP contribution >= 0.6 is 0 Å². The van der Waals surface area contributed by atoms with Crippen molar-refractivity contribution in [3.8, 4) is 23.0 Å². The number of carbonyl (C=O) groups is 1. The van der Waals surface area contributed by atoms with Crippen LogP contribution in [0, 0.1) is 0 Å². The molecule has 11 rings (SSSR count). The molecule has 7 aliphatic heterocycles. The third kappa shape index (κ3) is 2.59. The van der Waals surface area contributed by atoms with Gasteiger partial charge >= 0.3 is 0 Å². The van der Waals surface area contributed by atoms with Crippen LogP contribution in [0.15, 0.2) is 47.6 Å². The summed E-state index contributed by atoms with van der Waals surface area (Å²) < 4.78 is 28.0. The number of ether oxygens (including phenoxy) is 5. The molecule has 7 heterocycles. The average Bonchev–Trinajstić information content (AvgIpc) is 3.22. The molecule has 3 fully saturated rings. The van der Waals surface area contributed by atoms with Crippen molar-refractivity contribution in [2.24, 2.45) is 0 Å². The van der Waals surface area contributed by atoms with Crippen molar-refractivity contribution < 1.29 is 28.5 Å². The summed E-state index contributed by atoms with van der Waals surface area (Å²) in [5.74, 6) is 6.22. The summed E-state index contributed by atoms with van der Waals surface area (Å²) in [6.07, 6.45) is 8.98. The average molecular weight is 539 g/mol. The van der Waals surface area contributed by atoms with E-state index >= 15 is 0 Å². The Bertz CT molecular complexity index is 1610. The lowest BCUT2D eigenvalue weighted by atomic mass is 9.63. The van der Waals surface area contributed by atoms with E-state index in [9.17, 15) is 4.79 Å². The summed E-state index contributed by atoms with van der Waals surface area (Å²) in [5.41, 5.74) is 6.37. The zero-order valence-electron chi connectivity index (χ0n) is 22.3.